The number of hydrogen-bond acceptors (Lipinski definition) is 4. The Balaban J connectivity index is 1.72. The third-order valence-electron chi connectivity index (χ3n) is 7.25. The predicted molar refractivity (Wildman–Crippen MR) is 151 cm³/mol. The zero-order chi connectivity index (χ0) is 27.5. The lowest BCUT2D eigenvalue weighted by Crippen LogP contribution is -2.45. The maximum absolute atomic E-state index is 13.2. The van der Waals surface area contributed by atoms with Crippen LogP contribution in [0.1, 0.15) is 73.3 Å². The van der Waals surface area contributed by atoms with E-state index in [0.717, 1.165) is 61.5 Å². The van der Waals surface area contributed by atoms with E-state index in [2.05, 4.69) is 22.1 Å². The number of rotatable bonds is 7. The van der Waals surface area contributed by atoms with Gasteiger partial charge in [0.2, 0.25) is 5.91 Å². The number of pyridine rings is 1. The molecule has 1 aliphatic heterocycles. The number of anilines is 1. The van der Waals surface area contributed by atoms with Crippen LogP contribution in [-0.2, 0) is 11.3 Å². The van der Waals surface area contributed by atoms with Crippen molar-refractivity contribution < 1.29 is 9.59 Å². The monoisotopic (exact) mass is 528 g/mol. The van der Waals surface area contributed by atoms with Gasteiger partial charge in [0.1, 0.15) is 0 Å². The molecule has 3 rings (SSSR count). The van der Waals surface area contributed by atoms with Gasteiger partial charge in [-0.2, -0.15) is 0 Å². The Hall–Kier alpha value is -2.80. The van der Waals surface area contributed by atoms with Crippen LogP contribution in [0.25, 0.3) is 0 Å². The Labute approximate surface area is 225 Å². The first-order valence-corrected chi connectivity index (χ1v) is 13.5. The number of hydrogen-bond donors (Lipinski definition) is 2. The highest BCUT2D eigenvalue weighted by atomic mass is 35.5. The molecule has 2 aromatic rings. The van der Waals surface area contributed by atoms with E-state index in [1.165, 1.54) is 0 Å². The first kappa shape index (κ1) is 28.8. The molecule has 202 valence electrons. The minimum Gasteiger partial charge on any atom is -0.371 e. The second-order valence-corrected chi connectivity index (χ2v) is 11.7. The van der Waals surface area contributed by atoms with Gasteiger partial charge in [-0.1, -0.05) is 32.4 Å². The van der Waals surface area contributed by atoms with Crippen molar-refractivity contribution in [2.24, 2.45) is 11.3 Å². The van der Waals surface area contributed by atoms with Gasteiger partial charge in [-0.05, 0) is 75.8 Å². The zero-order valence-electron chi connectivity index (χ0n) is 23.3. The van der Waals surface area contributed by atoms with Crippen LogP contribution in [0.3, 0.4) is 0 Å². The Morgan fingerprint density at radius 2 is 1.78 bits per heavy atom. The first-order chi connectivity index (χ1) is 17.3. The Morgan fingerprint density at radius 1 is 1.14 bits per heavy atom. The van der Waals surface area contributed by atoms with Gasteiger partial charge < -0.3 is 20.1 Å². The van der Waals surface area contributed by atoms with Crippen LogP contribution in [0, 0.1) is 32.1 Å². The molecule has 0 aliphatic carbocycles. The second kappa shape index (κ2) is 11.7. The summed E-state index contributed by atoms with van der Waals surface area (Å²) in [6, 6.07) is 5.50. The van der Waals surface area contributed by atoms with Crippen molar-refractivity contribution in [2.45, 2.75) is 67.9 Å². The summed E-state index contributed by atoms with van der Waals surface area (Å²) in [5, 5.41) is 3.40. The van der Waals surface area contributed by atoms with E-state index in [-0.39, 0.29) is 29.3 Å². The number of aromatic nitrogens is 1. The van der Waals surface area contributed by atoms with Gasteiger partial charge in [0.25, 0.3) is 11.5 Å². The number of halogens is 1. The highest BCUT2D eigenvalue weighted by molar-refractivity contribution is 6.31. The molecule has 0 saturated carbocycles. The van der Waals surface area contributed by atoms with Crippen molar-refractivity contribution in [1.29, 1.82) is 0 Å². The van der Waals surface area contributed by atoms with E-state index in [1.54, 1.807) is 6.07 Å². The quantitative estimate of drug-likeness (QED) is 0.530. The number of aromatic amines is 1. The summed E-state index contributed by atoms with van der Waals surface area (Å²) in [6.07, 6.45) is 1.91. The van der Waals surface area contributed by atoms with E-state index < -0.39 is 0 Å². The van der Waals surface area contributed by atoms with E-state index >= 15 is 0 Å². The highest BCUT2D eigenvalue weighted by Crippen LogP contribution is 2.31. The number of H-pyrrole nitrogens is 1. The predicted octanol–water partition coefficient (Wildman–Crippen LogP) is 4.99. The zero-order valence-corrected chi connectivity index (χ0v) is 24.0. The molecule has 1 saturated heterocycles. The average molecular weight is 529 g/mol. The molecule has 1 aliphatic rings. The Morgan fingerprint density at radius 3 is 2.35 bits per heavy atom. The van der Waals surface area contributed by atoms with Crippen molar-refractivity contribution in [3.63, 3.8) is 0 Å². The lowest BCUT2D eigenvalue weighted by molar-refractivity contribution is -0.140. The number of aryl methyl sites for hydroxylation is 2. The summed E-state index contributed by atoms with van der Waals surface area (Å²) >= 11 is 6.49. The van der Waals surface area contributed by atoms with Crippen molar-refractivity contribution in [3.05, 3.63) is 61.5 Å². The van der Waals surface area contributed by atoms with Gasteiger partial charge in [0, 0.05) is 65.7 Å². The highest BCUT2D eigenvalue weighted by Gasteiger charge is 2.31. The summed E-state index contributed by atoms with van der Waals surface area (Å²) in [7, 11) is 0. The van der Waals surface area contributed by atoms with Gasteiger partial charge in [0.05, 0.1) is 0 Å². The third-order valence-corrected chi connectivity index (χ3v) is 7.47. The summed E-state index contributed by atoms with van der Waals surface area (Å²) in [5.74, 6) is 0.406. The molecule has 2 N–H and O–H groups in total. The summed E-state index contributed by atoms with van der Waals surface area (Å²) < 4.78 is 0. The number of likely N-dealkylation sites (tertiary alicyclic amines) is 1. The van der Waals surface area contributed by atoms with E-state index in [1.807, 2.05) is 58.6 Å². The maximum Gasteiger partial charge on any atom is 0.253 e. The molecule has 1 aromatic carbocycles. The minimum absolute atomic E-state index is 0.144. The van der Waals surface area contributed by atoms with Gasteiger partial charge in [0.15, 0.2) is 0 Å². The van der Waals surface area contributed by atoms with Crippen LogP contribution >= 0.6 is 11.6 Å². The van der Waals surface area contributed by atoms with Crippen LogP contribution in [0.4, 0.5) is 5.69 Å². The largest absolute Gasteiger partial charge is 0.371 e. The topological polar surface area (TPSA) is 85.5 Å². The molecule has 0 bridgehead atoms. The first-order valence-electron chi connectivity index (χ1n) is 13.1. The van der Waals surface area contributed by atoms with Crippen LogP contribution in [0.5, 0.6) is 0 Å². The van der Waals surface area contributed by atoms with Crippen molar-refractivity contribution in [1.82, 2.24) is 15.2 Å². The number of nitrogens with one attached hydrogen (secondary N) is 2. The second-order valence-electron chi connectivity index (χ2n) is 11.2. The molecular formula is C29H41ClN4O3. The van der Waals surface area contributed by atoms with Gasteiger partial charge in [-0.3, -0.25) is 14.4 Å². The van der Waals surface area contributed by atoms with Crippen molar-refractivity contribution >= 4 is 29.1 Å². The van der Waals surface area contributed by atoms with Crippen LogP contribution in [-0.4, -0.2) is 47.9 Å². The van der Waals surface area contributed by atoms with Crippen LogP contribution in [0.15, 0.2) is 23.0 Å². The molecular weight excluding hydrogens is 488 g/mol. The smallest absolute Gasteiger partial charge is 0.253 e. The molecule has 1 fully saturated rings. The van der Waals surface area contributed by atoms with E-state index in [4.69, 9.17) is 11.6 Å². The summed E-state index contributed by atoms with van der Waals surface area (Å²) in [6.45, 7) is 17.0. The molecule has 1 aromatic heterocycles. The number of carbonyl (C=O) groups is 2. The van der Waals surface area contributed by atoms with Gasteiger partial charge >= 0.3 is 0 Å². The maximum atomic E-state index is 13.2. The number of piperidine rings is 1. The van der Waals surface area contributed by atoms with E-state index in [0.29, 0.717) is 22.1 Å². The standard InChI is InChI=1S/C29H41ClN4O3/c1-8-33(17-21-9-11-34(12-10-21)28(37)29(5,6)7)25-15-22(30)14-23(20(25)4)26(35)31-16-24-18(2)13-19(3)32-27(24)36/h13-15,21H,8-12,16-17H2,1-7H3,(H,31,35)(H,32,36). The number of nitrogens with zero attached hydrogens (tertiary/aromatic N) is 2. The van der Waals surface area contributed by atoms with Gasteiger partial charge in [-0.25, -0.2) is 0 Å². The average Bonchev–Trinajstić information content (AvgIpc) is 2.82. The molecule has 2 heterocycles. The molecule has 8 heteroatoms. The Bertz CT molecular complexity index is 1210. The van der Waals surface area contributed by atoms with Gasteiger partial charge in [-0.15, -0.1) is 0 Å². The molecule has 2 amide bonds. The van der Waals surface area contributed by atoms with Crippen LogP contribution in [0.2, 0.25) is 5.02 Å². The third kappa shape index (κ3) is 6.95. The summed E-state index contributed by atoms with van der Waals surface area (Å²) in [5.41, 5.74) is 3.95. The van der Waals surface area contributed by atoms with E-state index in [9.17, 15) is 14.4 Å². The van der Waals surface area contributed by atoms with Crippen LogP contribution < -0.4 is 15.8 Å². The Kier molecular flexibility index (Phi) is 9.11. The number of amides is 2. The molecule has 0 spiro atoms. The fraction of sp³-hybridized carbons (Fsp3) is 0.552. The SMILES string of the molecule is CCN(CC1CCN(C(=O)C(C)(C)C)CC1)c1cc(Cl)cc(C(=O)NCc2c(C)cc(C)[nH]c2=O)c1C. The van der Waals surface area contributed by atoms with Crippen molar-refractivity contribution in [2.75, 3.05) is 31.1 Å². The van der Waals surface area contributed by atoms with Crippen molar-refractivity contribution in [3.8, 4) is 0 Å². The molecule has 7 nitrogen and oxygen atoms in total. The molecule has 0 radical (unpaired) electrons. The molecule has 0 atom stereocenters. The molecule has 0 unspecified atom stereocenters. The lowest BCUT2D eigenvalue weighted by Gasteiger charge is -2.38. The number of carbonyl (C=O) groups excluding carboxylic acids is 2. The fourth-order valence-electron chi connectivity index (χ4n) is 5.10. The fourth-order valence-corrected chi connectivity index (χ4v) is 5.31. The molecule has 37 heavy (non-hydrogen) atoms. The summed E-state index contributed by atoms with van der Waals surface area (Å²) in [4.78, 5) is 45.2. The number of benzene rings is 1. The normalized spacial score (nSPS) is 14.5. The lowest BCUT2D eigenvalue weighted by atomic mass is 9.90. The minimum atomic E-state index is -0.358.